The van der Waals surface area contributed by atoms with E-state index in [1.807, 2.05) is 37.3 Å². The summed E-state index contributed by atoms with van der Waals surface area (Å²) in [5.74, 6) is 0. The molecule has 2 aromatic rings. The molecule has 2 heterocycles. The Hall–Kier alpha value is -2.38. The van der Waals surface area contributed by atoms with E-state index in [1.54, 1.807) is 17.0 Å². The number of hydrogen-bond acceptors (Lipinski definition) is 4. The first kappa shape index (κ1) is 21.8. The van der Waals surface area contributed by atoms with E-state index in [1.165, 1.54) is 4.31 Å². The van der Waals surface area contributed by atoms with E-state index in [2.05, 4.69) is 20.8 Å². The molecule has 0 saturated carbocycles. The van der Waals surface area contributed by atoms with Crippen LogP contribution in [0.2, 0.25) is 0 Å². The lowest BCUT2D eigenvalue weighted by Crippen LogP contribution is -2.50. The highest BCUT2D eigenvalue weighted by molar-refractivity contribution is 7.89. The van der Waals surface area contributed by atoms with E-state index in [-0.39, 0.29) is 24.2 Å². The van der Waals surface area contributed by atoms with Crippen molar-refractivity contribution in [3.63, 3.8) is 0 Å². The summed E-state index contributed by atoms with van der Waals surface area (Å²) >= 11 is 0. The highest BCUT2D eigenvalue weighted by Crippen LogP contribution is 2.35. The minimum Gasteiger partial charge on any atom is -0.444 e. The predicted molar refractivity (Wildman–Crippen MR) is 121 cm³/mol. The average Bonchev–Trinajstić information content (AvgIpc) is 2.74. The highest BCUT2D eigenvalue weighted by Gasteiger charge is 2.37. The van der Waals surface area contributed by atoms with Crippen molar-refractivity contribution in [2.24, 2.45) is 0 Å². The molecule has 0 aliphatic carbocycles. The smallest absolute Gasteiger partial charge is 0.414 e. The zero-order valence-electron chi connectivity index (χ0n) is 18.6. The fourth-order valence-electron chi connectivity index (χ4n) is 4.43. The molecule has 6 nitrogen and oxygen atoms in total. The number of cyclic esters (lactones) is 1. The Kier molecular flexibility index (Phi) is 5.60. The van der Waals surface area contributed by atoms with Crippen LogP contribution in [0.25, 0.3) is 0 Å². The molecule has 7 heteroatoms. The normalized spacial score (nSPS) is 18.6. The Balaban J connectivity index is 1.51. The highest BCUT2D eigenvalue weighted by atomic mass is 32.2. The summed E-state index contributed by atoms with van der Waals surface area (Å²) in [5, 5.41) is 0. The van der Waals surface area contributed by atoms with E-state index in [0.29, 0.717) is 30.8 Å². The second kappa shape index (κ2) is 7.95. The van der Waals surface area contributed by atoms with Crippen molar-refractivity contribution in [3.8, 4) is 0 Å². The van der Waals surface area contributed by atoms with Gasteiger partial charge in [0, 0.05) is 24.7 Å². The van der Waals surface area contributed by atoms with Gasteiger partial charge in [-0.05, 0) is 48.4 Å². The van der Waals surface area contributed by atoms with Crippen LogP contribution in [0.5, 0.6) is 0 Å². The maximum absolute atomic E-state index is 13.2. The number of carbonyl (C=O) groups is 1. The van der Waals surface area contributed by atoms with E-state index >= 15 is 0 Å². The Morgan fingerprint density at radius 1 is 1.00 bits per heavy atom. The molecule has 0 N–H and O–H groups in total. The maximum atomic E-state index is 13.2. The Bertz CT molecular complexity index is 1080. The van der Waals surface area contributed by atoms with Gasteiger partial charge in [-0.15, -0.1) is 0 Å². The standard InChI is InChI=1S/C24H30N2O4S/c1-17-6-5-7-18-16-30-23(27)26(22(17)18)20-12-14-25(15-13-20)31(28,29)21-10-8-19(9-11-21)24(2,3)4/h5-11,20H,12-16H2,1-4H3. The number of carbonyl (C=O) groups excluding carboxylic acids is 1. The number of amides is 1. The number of fused-ring (bicyclic) bond motifs is 1. The molecule has 0 atom stereocenters. The van der Waals surface area contributed by atoms with Crippen LogP contribution in [0.15, 0.2) is 47.4 Å². The molecule has 2 aliphatic rings. The number of benzene rings is 2. The van der Waals surface area contributed by atoms with Gasteiger partial charge >= 0.3 is 6.09 Å². The third kappa shape index (κ3) is 4.08. The molecule has 166 valence electrons. The zero-order chi connectivity index (χ0) is 22.4. The number of aryl methyl sites for hydroxylation is 1. The third-order valence-electron chi connectivity index (χ3n) is 6.26. The van der Waals surface area contributed by atoms with E-state index in [4.69, 9.17) is 4.74 Å². The predicted octanol–water partition coefficient (Wildman–Crippen LogP) is 4.60. The van der Waals surface area contributed by atoms with Gasteiger partial charge in [0.25, 0.3) is 0 Å². The van der Waals surface area contributed by atoms with Gasteiger partial charge in [0.1, 0.15) is 6.61 Å². The van der Waals surface area contributed by atoms with Gasteiger partial charge in [-0.25, -0.2) is 13.2 Å². The summed E-state index contributed by atoms with van der Waals surface area (Å²) in [6.45, 7) is 9.33. The monoisotopic (exact) mass is 442 g/mol. The maximum Gasteiger partial charge on any atom is 0.414 e. The van der Waals surface area contributed by atoms with Crippen molar-refractivity contribution < 1.29 is 17.9 Å². The van der Waals surface area contributed by atoms with Crippen molar-refractivity contribution >= 4 is 21.8 Å². The third-order valence-corrected chi connectivity index (χ3v) is 8.17. The molecule has 0 aromatic heterocycles. The second-order valence-corrected chi connectivity index (χ2v) is 11.4. The zero-order valence-corrected chi connectivity index (χ0v) is 19.4. The Morgan fingerprint density at radius 3 is 2.26 bits per heavy atom. The van der Waals surface area contributed by atoms with Crippen molar-refractivity contribution in [2.75, 3.05) is 18.0 Å². The van der Waals surface area contributed by atoms with Gasteiger partial charge in [0.2, 0.25) is 10.0 Å². The summed E-state index contributed by atoms with van der Waals surface area (Å²) in [5.41, 5.74) is 4.01. The van der Waals surface area contributed by atoms with Crippen LogP contribution in [-0.4, -0.2) is 37.9 Å². The number of piperidine rings is 1. The molecule has 0 unspecified atom stereocenters. The number of hydrogen-bond donors (Lipinski definition) is 0. The first-order chi connectivity index (χ1) is 14.6. The van der Waals surface area contributed by atoms with Crippen molar-refractivity contribution in [1.29, 1.82) is 0 Å². The van der Waals surface area contributed by atoms with Crippen molar-refractivity contribution in [2.45, 2.75) is 63.5 Å². The summed E-state index contributed by atoms with van der Waals surface area (Å²) < 4.78 is 33.3. The molecule has 4 rings (SSSR count). The molecular weight excluding hydrogens is 412 g/mol. The van der Waals surface area contributed by atoms with Gasteiger partial charge in [-0.3, -0.25) is 4.90 Å². The van der Waals surface area contributed by atoms with Crippen LogP contribution in [0.1, 0.15) is 50.3 Å². The van der Waals surface area contributed by atoms with Gasteiger partial charge < -0.3 is 4.74 Å². The van der Waals surface area contributed by atoms with Crippen LogP contribution in [-0.2, 0) is 26.8 Å². The summed E-state index contributed by atoms with van der Waals surface area (Å²) in [6.07, 6.45) is 0.797. The van der Waals surface area contributed by atoms with Gasteiger partial charge in [-0.2, -0.15) is 4.31 Å². The number of sulfonamides is 1. The molecule has 1 saturated heterocycles. The van der Waals surface area contributed by atoms with Crippen LogP contribution in [0, 0.1) is 6.92 Å². The minimum absolute atomic E-state index is 0.0297. The van der Waals surface area contributed by atoms with E-state index < -0.39 is 10.0 Å². The van der Waals surface area contributed by atoms with Gasteiger partial charge in [0.15, 0.2) is 0 Å². The molecule has 1 amide bonds. The minimum atomic E-state index is -3.56. The first-order valence-corrected chi connectivity index (χ1v) is 12.2. The number of nitrogens with zero attached hydrogens (tertiary/aromatic N) is 2. The molecule has 0 spiro atoms. The van der Waals surface area contributed by atoms with Crippen LogP contribution < -0.4 is 4.90 Å². The van der Waals surface area contributed by atoms with Crippen molar-refractivity contribution in [3.05, 3.63) is 59.2 Å². The van der Waals surface area contributed by atoms with E-state index in [9.17, 15) is 13.2 Å². The van der Waals surface area contributed by atoms with Crippen LogP contribution >= 0.6 is 0 Å². The summed E-state index contributed by atoms with van der Waals surface area (Å²) in [7, 11) is -3.56. The van der Waals surface area contributed by atoms with E-state index in [0.717, 1.165) is 22.4 Å². The molecule has 0 bridgehead atoms. The summed E-state index contributed by atoms with van der Waals surface area (Å²) in [6, 6.07) is 13.0. The largest absolute Gasteiger partial charge is 0.444 e. The van der Waals surface area contributed by atoms with Crippen LogP contribution in [0.3, 0.4) is 0 Å². The lowest BCUT2D eigenvalue weighted by molar-refractivity contribution is 0.135. The second-order valence-electron chi connectivity index (χ2n) is 9.42. The molecule has 1 fully saturated rings. The topological polar surface area (TPSA) is 66.9 Å². The number of anilines is 1. The quantitative estimate of drug-likeness (QED) is 0.697. The van der Waals surface area contributed by atoms with Crippen molar-refractivity contribution in [1.82, 2.24) is 4.31 Å². The fraction of sp³-hybridized carbons (Fsp3) is 0.458. The average molecular weight is 443 g/mol. The molecule has 0 radical (unpaired) electrons. The number of para-hydroxylation sites is 1. The SMILES string of the molecule is Cc1cccc2c1N(C1CCN(S(=O)(=O)c3ccc(C(C)(C)C)cc3)CC1)C(=O)OC2. The van der Waals surface area contributed by atoms with Gasteiger partial charge in [-0.1, -0.05) is 51.1 Å². The molecule has 31 heavy (non-hydrogen) atoms. The first-order valence-electron chi connectivity index (χ1n) is 10.7. The number of ether oxygens (including phenoxy) is 1. The van der Waals surface area contributed by atoms with Crippen LogP contribution in [0.4, 0.5) is 10.5 Å². The summed E-state index contributed by atoms with van der Waals surface area (Å²) in [4.78, 5) is 14.6. The fourth-order valence-corrected chi connectivity index (χ4v) is 5.90. The number of rotatable bonds is 3. The molecule has 2 aliphatic heterocycles. The lowest BCUT2D eigenvalue weighted by Gasteiger charge is -2.40. The van der Waals surface area contributed by atoms with Gasteiger partial charge in [0.05, 0.1) is 10.6 Å². The lowest BCUT2D eigenvalue weighted by atomic mass is 9.87. The molecule has 2 aromatic carbocycles. The molecular formula is C24H30N2O4S. The Morgan fingerprint density at radius 2 is 1.65 bits per heavy atom. The Labute approximate surface area is 184 Å².